The van der Waals surface area contributed by atoms with Crippen LogP contribution < -0.4 is 15.6 Å². The normalized spacial score (nSPS) is 15.9. The molecule has 0 bridgehead atoms. The van der Waals surface area contributed by atoms with E-state index in [1.807, 2.05) is 41.3 Å². The number of likely N-dealkylation sites (tertiary alicyclic amines) is 1. The van der Waals surface area contributed by atoms with Crippen molar-refractivity contribution in [1.29, 1.82) is 0 Å². The van der Waals surface area contributed by atoms with Crippen LogP contribution in [-0.4, -0.2) is 47.5 Å². The number of phenolic OH excluding ortho intramolecular Hbond substituents is 1. The Morgan fingerprint density at radius 2 is 1.75 bits per heavy atom. The van der Waals surface area contributed by atoms with Gasteiger partial charge in [-0.1, -0.05) is 53.6 Å². The molecule has 8 nitrogen and oxygen atoms in total. The molecule has 44 heavy (non-hydrogen) atoms. The van der Waals surface area contributed by atoms with E-state index < -0.39 is 11.3 Å². The van der Waals surface area contributed by atoms with E-state index in [-0.39, 0.29) is 34.4 Å². The third-order valence-electron chi connectivity index (χ3n) is 8.33. The summed E-state index contributed by atoms with van der Waals surface area (Å²) in [6, 6.07) is 20.9. The van der Waals surface area contributed by atoms with Crippen molar-refractivity contribution >= 4 is 40.1 Å². The lowest BCUT2D eigenvalue weighted by molar-refractivity contribution is -0.128. The number of hydrogen-bond donors (Lipinski definition) is 2. The van der Waals surface area contributed by atoms with Crippen molar-refractivity contribution in [3.05, 3.63) is 117 Å². The van der Waals surface area contributed by atoms with Crippen LogP contribution in [0.1, 0.15) is 47.4 Å². The number of para-hydroxylation sites is 1. The Hall–Kier alpha value is -4.56. The van der Waals surface area contributed by atoms with Crippen LogP contribution in [0.25, 0.3) is 11.0 Å². The molecular weight excluding hydrogens is 578 g/mol. The third-order valence-corrected chi connectivity index (χ3v) is 8.58. The molecule has 2 saturated heterocycles. The number of halogens is 1. The first kappa shape index (κ1) is 29.5. The molecule has 0 unspecified atom stereocenters. The van der Waals surface area contributed by atoms with E-state index in [0.717, 1.165) is 61.8 Å². The summed E-state index contributed by atoms with van der Waals surface area (Å²) in [5.41, 5.74) is 4.40. The Kier molecular flexibility index (Phi) is 8.70. The number of nitrogens with one attached hydrogen (secondary N) is 1. The molecule has 226 valence electrons. The predicted octanol–water partition coefficient (Wildman–Crippen LogP) is 5.84. The summed E-state index contributed by atoms with van der Waals surface area (Å²) >= 11 is 6.11. The number of hydrogen-bond acceptors (Lipinski definition) is 6. The van der Waals surface area contributed by atoms with Gasteiger partial charge in [-0.3, -0.25) is 14.4 Å². The third kappa shape index (κ3) is 6.81. The smallest absolute Gasteiger partial charge is 0.287 e. The van der Waals surface area contributed by atoms with Crippen LogP contribution in [0.15, 0.2) is 93.7 Å². The molecule has 2 fully saturated rings. The van der Waals surface area contributed by atoms with Gasteiger partial charge in [0.1, 0.15) is 11.3 Å². The number of phenols is 1. The van der Waals surface area contributed by atoms with Crippen molar-refractivity contribution in [2.45, 2.75) is 44.7 Å². The molecule has 0 saturated carbocycles. The fraction of sp³-hybridized carbons (Fsp3) is 0.286. The number of aromatic hydroxyl groups is 1. The van der Waals surface area contributed by atoms with Crippen LogP contribution in [0, 0.1) is 0 Å². The predicted molar refractivity (Wildman–Crippen MR) is 171 cm³/mol. The largest absolute Gasteiger partial charge is 0.508 e. The van der Waals surface area contributed by atoms with Crippen LogP contribution >= 0.6 is 11.6 Å². The van der Waals surface area contributed by atoms with Crippen LogP contribution in [0.5, 0.6) is 5.75 Å². The van der Waals surface area contributed by atoms with E-state index >= 15 is 0 Å². The summed E-state index contributed by atoms with van der Waals surface area (Å²) in [6.07, 6.45) is 5.87. The molecule has 0 radical (unpaired) electrons. The van der Waals surface area contributed by atoms with Crippen LogP contribution in [0.2, 0.25) is 5.02 Å². The van der Waals surface area contributed by atoms with E-state index in [2.05, 4.69) is 28.4 Å². The monoisotopic (exact) mass is 611 g/mol. The van der Waals surface area contributed by atoms with Gasteiger partial charge in [0.2, 0.25) is 5.91 Å². The molecule has 3 aromatic carbocycles. The summed E-state index contributed by atoms with van der Waals surface area (Å²) in [5, 5.41) is 13.6. The molecule has 2 N–H and O–H groups in total. The molecule has 4 aromatic rings. The van der Waals surface area contributed by atoms with Gasteiger partial charge in [0.25, 0.3) is 5.91 Å². The summed E-state index contributed by atoms with van der Waals surface area (Å²) in [7, 11) is 0. The van der Waals surface area contributed by atoms with Crippen molar-refractivity contribution in [2.75, 3.05) is 24.5 Å². The topological polar surface area (TPSA) is 103 Å². The SMILES string of the molecule is O=C(N[C@H](C=C1CCN(c2ccccc2CN2CCCC2=O)CC1)Cc1ccc(Cl)cc1)c1cc(=O)c2cc(O)ccc2o1. The Morgan fingerprint density at radius 3 is 2.50 bits per heavy atom. The first-order chi connectivity index (χ1) is 21.3. The number of benzene rings is 3. The van der Waals surface area contributed by atoms with Gasteiger partial charge in [-0.2, -0.15) is 0 Å². The quantitative estimate of drug-likeness (QED) is 0.243. The fourth-order valence-electron chi connectivity index (χ4n) is 6.04. The van der Waals surface area contributed by atoms with Crippen molar-refractivity contribution in [2.24, 2.45) is 0 Å². The van der Waals surface area contributed by atoms with Gasteiger partial charge in [0.15, 0.2) is 11.2 Å². The number of anilines is 1. The number of fused-ring (bicyclic) bond motifs is 1. The molecule has 9 heteroatoms. The highest BCUT2D eigenvalue weighted by Crippen LogP contribution is 2.29. The second kappa shape index (κ2) is 13.0. The van der Waals surface area contributed by atoms with E-state index in [1.54, 1.807) is 0 Å². The van der Waals surface area contributed by atoms with Gasteiger partial charge >= 0.3 is 0 Å². The second-order valence-electron chi connectivity index (χ2n) is 11.4. The van der Waals surface area contributed by atoms with Gasteiger partial charge in [0.05, 0.1) is 11.4 Å². The zero-order valence-electron chi connectivity index (χ0n) is 24.3. The first-order valence-electron chi connectivity index (χ1n) is 14.9. The molecular formula is C35H34ClN3O5. The molecule has 6 rings (SSSR count). The molecule has 1 atom stereocenters. The van der Waals surface area contributed by atoms with E-state index in [1.165, 1.54) is 23.8 Å². The maximum atomic E-state index is 13.4. The lowest BCUT2D eigenvalue weighted by Gasteiger charge is -2.33. The summed E-state index contributed by atoms with van der Waals surface area (Å²) in [4.78, 5) is 42.6. The number of nitrogens with zero attached hydrogens (tertiary/aromatic N) is 2. The molecule has 0 spiro atoms. The summed E-state index contributed by atoms with van der Waals surface area (Å²) in [5.74, 6) is -0.404. The highest BCUT2D eigenvalue weighted by molar-refractivity contribution is 6.30. The van der Waals surface area contributed by atoms with E-state index in [4.69, 9.17) is 16.0 Å². The van der Waals surface area contributed by atoms with Gasteiger partial charge in [0, 0.05) is 49.4 Å². The second-order valence-corrected chi connectivity index (χ2v) is 11.9. The minimum Gasteiger partial charge on any atom is -0.508 e. The Bertz CT molecular complexity index is 1770. The molecule has 2 amide bonds. The van der Waals surface area contributed by atoms with Crippen molar-refractivity contribution < 1.29 is 19.1 Å². The maximum absolute atomic E-state index is 13.4. The number of rotatable bonds is 8. The molecule has 0 aliphatic carbocycles. The van der Waals surface area contributed by atoms with Gasteiger partial charge < -0.3 is 24.6 Å². The van der Waals surface area contributed by atoms with Crippen LogP contribution in [0.3, 0.4) is 0 Å². The number of carbonyl (C=O) groups is 2. The van der Waals surface area contributed by atoms with Crippen LogP contribution in [-0.2, 0) is 17.8 Å². The van der Waals surface area contributed by atoms with Crippen molar-refractivity contribution in [3.63, 3.8) is 0 Å². The number of carbonyl (C=O) groups excluding carboxylic acids is 2. The van der Waals surface area contributed by atoms with Gasteiger partial charge in [-0.15, -0.1) is 0 Å². The summed E-state index contributed by atoms with van der Waals surface area (Å²) < 4.78 is 5.75. The lowest BCUT2D eigenvalue weighted by Crippen LogP contribution is -2.37. The average Bonchev–Trinajstić information content (AvgIpc) is 3.43. The highest BCUT2D eigenvalue weighted by atomic mass is 35.5. The minimum absolute atomic E-state index is 0.0483. The minimum atomic E-state index is -0.490. The number of amides is 2. The zero-order chi connectivity index (χ0) is 30.6. The van der Waals surface area contributed by atoms with Crippen molar-refractivity contribution in [1.82, 2.24) is 10.2 Å². The van der Waals surface area contributed by atoms with Crippen molar-refractivity contribution in [3.8, 4) is 5.75 Å². The van der Waals surface area contributed by atoms with Gasteiger partial charge in [-0.05, 0) is 73.2 Å². The fourth-order valence-corrected chi connectivity index (χ4v) is 6.16. The maximum Gasteiger partial charge on any atom is 0.287 e. The first-order valence-corrected chi connectivity index (χ1v) is 15.3. The standard InChI is InChI=1S/C35H34ClN3O5/c36-26-9-7-23(8-10-26)18-27(37-35(43)33-21-31(41)29-20-28(40)11-12-32(29)44-33)19-24-13-16-38(17-14-24)30-5-2-1-4-25(30)22-39-15-3-6-34(39)42/h1-2,4-5,7-12,19-21,27,40H,3,6,13-18,22H2,(H,37,43)/t27-/m0/s1. The highest BCUT2D eigenvalue weighted by Gasteiger charge is 2.24. The molecule has 1 aromatic heterocycles. The molecule has 2 aliphatic heterocycles. The van der Waals surface area contributed by atoms with E-state index in [9.17, 15) is 19.5 Å². The van der Waals surface area contributed by atoms with E-state index in [0.29, 0.717) is 24.4 Å². The summed E-state index contributed by atoms with van der Waals surface area (Å²) in [6.45, 7) is 3.10. The Balaban J connectivity index is 1.19. The number of piperidine rings is 1. The molecule has 3 heterocycles. The lowest BCUT2D eigenvalue weighted by atomic mass is 9.97. The Morgan fingerprint density at radius 1 is 0.977 bits per heavy atom. The Labute approximate surface area is 260 Å². The van der Waals surface area contributed by atoms with Crippen LogP contribution in [0.4, 0.5) is 5.69 Å². The molecule has 2 aliphatic rings. The average molecular weight is 612 g/mol. The zero-order valence-corrected chi connectivity index (χ0v) is 25.1. The van der Waals surface area contributed by atoms with Gasteiger partial charge in [-0.25, -0.2) is 0 Å².